The first-order valence-corrected chi connectivity index (χ1v) is 9.36. The topological polar surface area (TPSA) is 0 Å². The van der Waals surface area contributed by atoms with E-state index >= 15 is 0 Å². The van der Waals surface area contributed by atoms with Crippen molar-refractivity contribution in [2.75, 3.05) is 0 Å². The molecule has 2 saturated carbocycles. The molecule has 0 N–H and O–H groups in total. The molecule has 3 aliphatic rings. The summed E-state index contributed by atoms with van der Waals surface area (Å²) in [6.07, 6.45) is 14.8. The van der Waals surface area contributed by atoms with Crippen LogP contribution in [0, 0.1) is 0 Å². The summed E-state index contributed by atoms with van der Waals surface area (Å²) < 4.78 is 1.28. The average molecular weight is 260 g/mol. The summed E-state index contributed by atoms with van der Waals surface area (Å²) in [5.74, 6) is 0. The lowest BCUT2D eigenvalue weighted by Crippen LogP contribution is -2.27. The zero-order valence-electron chi connectivity index (χ0n) is 9.30. The molecule has 2 spiro atoms. The van der Waals surface area contributed by atoms with Gasteiger partial charge in [-0.05, 0) is 25.7 Å². The van der Waals surface area contributed by atoms with E-state index in [1.807, 2.05) is 0 Å². The Morgan fingerprint density at radius 3 is 1.33 bits per heavy atom. The summed E-state index contributed by atoms with van der Waals surface area (Å²) in [6, 6.07) is 0. The van der Waals surface area contributed by atoms with Gasteiger partial charge in [0.15, 0.2) is 0 Å². The van der Waals surface area contributed by atoms with Gasteiger partial charge in [0.25, 0.3) is 0 Å². The fourth-order valence-electron chi connectivity index (χ4n) is 3.08. The lowest BCUT2D eigenvalue weighted by Gasteiger charge is -2.35. The Labute approximate surface area is 106 Å². The van der Waals surface area contributed by atoms with E-state index in [2.05, 4.69) is 33.3 Å². The van der Waals surface area contributed by atoms with E-state index in [4.69, 9.17) is 0 Å². The van der Waals surface area contributed by atoms with Crippen LogP contribution in [-0.4, -0.2) is 8.16 Å². The molecular formula is C12H20S3. The van der Waals surface area contributed by atoms with Crippen LogP contribution >= 0.6 is 33.3 Å². The minimum atomic E-state index is 0.639. The molecule has 1 saturated heterocycles. The molecule has 0 aromatic rings. The lowest BCUT2D eigenvalue weighted by molar-refractivity contribution is 0.472. The van der Waals surface area contributed by atoms with Gasteiger partial charge in [-0.15, -0.1) is 11.8 Å². The summed E-state index contributed by atoms with van der Waals surface area (Å²) in [7, 11) is 4.50. The highest BCUT2D eigenvalue weighted by Gasteiger charge is 2.50. The first kappa shape index (κ1) is 11.2. The van der Waals surface area contributed by atoms with Crippen LogP contribution < -0.4 is 0 Å². The highest BCUT2D eigenvalue weighted by Crippen LogP contribution is 2.72. The summed E-state index contributed by atoms with van der Waals surface area (Å²) in [5, 5.41) is 0. The highest BCUT2D eigenvalue weighted by atomic mass is 33.1. The standard InChI is InChI=1S/C12H20S3/c1-3-7-11(8-4-1)13-12(15-14-11)9-5-2-6-10-12/h1-10H2. The van der Waals surface area contributed by atoms with E-state index in [9.17, 15) is 0 Å². The average Bonchev–Trinajstić information content (AvgIpc) is 2.60. The van der Waals surface area contributed by atoms with Crippen molar-refractivity contribution >= 4 is 33.3 Å². The van der Waals surface area contributed by atoms with Crippen LogP contribution in [0.2, 0.25) is 0 Å². The minimum Gasteiger partial charge on any atom is -0.125 e. The summed E-state index contributed by atoms with van der Waals surface area (Å²) in [6.45, 7) is 0. The van der Waals surface area contributed by atoms with Crippen molar-refractivity contribution in [2.24, 2.45) is 0 Å². The quantitative estimate of drug-likeness (QED) is 0.533. The van der Waals surface area contributed by atoms with E-state index in [-0.39, 0.29) is 0 Å². The maximum Gasteiger partial charge on any atom is 0.0729 e. The normalized spacial score (nSPS) is 33.6. The Morgan fingerprint density at radius 1 is 0.533 bits per heavy atom. The Morgan fingerprint density at radius 2 is 0.933 bits per heavy atom. The monoisotopic (exact) mass is 260 g/mol. The maximum absolute atomic E-state index is 2.38. The Hall–Kier alpha value is 1.05. The molecule has 0 unspecified atom stereocenters. The third-order valence-corrected chi connectivity index (χ3v) is 10.8. The van der Waals surface area contributed by atoms with Crippen molar-refractivity contribution in [1.29, 1.82) is 0 Å². The van der Waals surface area contributed by atoms with Crippen molar-refractivity contribution in [3.63, 3.8) is 0 Å². The summed E-state index contributed by atoms with van der Waals surface area (Å²) in [4.78, 5) is 0. The van der Waals surface area contributed by atoms with Gasteiger partial charge in [0, 0.05) is 0 Å². The molecule has 86 valence electrons. The van der Waals surface area contributed by atoms with Gasteiger partial charge in [0.05, 0.1) is 8.16 Å². The zero-order chi connectivity index (χ0) is 10.2. The van der Waals surface area contributed by atoms with Crippen LogP contribution in [0.5, 0.6) is 0 Å². The number of rotatable bonds is 0. The maximum atomic E-state index is 2.38. The molecule has 2 aliphatic carbocycles. The second kappa shape index (κ2) is 4.38. The molecule has 15 heavy (non-hydrogen) atoms. The molecule has 0 bridgehead atoms. The Kier molecular flexibility index (Phi) is 3.26. The molecule has 0 aromatic heterocycles. The van der Waals surface area contributed by atoms with Crippen LogP contribution in [0.25, 0.3) is 0 Å². The van der Waals surface area contributed by atoms with E-state index in [1.54, 1.807) is 0 Å². The highest BCUT2D eigenvalue weighted by molar-refractivity contribution is 8.83. The number of thioether (sulfide) groups is 1. The van der Waals surface area contributed by atoms with Crippen LogP contribution in [0.15, 0.2) is 0 Å². The van der Waals surface area contributed by atoms with Gasteiger partial charge in [-0.25, -0.2) is 0 Å². The minimum absolute atomic E-state index is 0.639. The van der Waals surface area contributed by atoms with Crippen molar-refractivity contribution in [2.45, 2.75) is 72.4 Å². The van der Waals surface area contributed by atoms with Gasteiger partial charge in [0.1, 0.15) is 0 Å². The van der Waals surface area contributed by atoms with Crippen LogP contribution in [0.1, 0.15) is 64.2 Å². The van der Waals surface area contributed by atoms with Crippen molar-refractivity contribution in [1.82, 2.24) is 0 Å². The predicted molar refractivity (Wildman–Crippen MR) is 74.4 cm³/mol. The second-order valence-electron chi connectivity index (χ2n) is 5.21. The number of hydrogen-bond donors (Lipinski definition) is 0. The van der Waals surface area contributed by atoms with E-state index in [0.29, 0.717) is 8.16 Å². The Bertz CT molecular complexity index is 203. The SMILES string of the molecule is C1CCC2(CC1)SSC1(CCCCC1)S2. The van der Waals surface area contributed by atoms with E-state index in [1.165, 1.54) is 64.2 Å². The van der Waals surface area contributed by atoms with Gasteiger partial charge in [-0.3, -0.25) is 0 Å². The predicted octanol–water partition coefficient (Wildman–Crippen LogP) is 5.44. The van der Waals surface area contributed by atoms with Gasteiger partial charge >= 0.3 is 0 Å². The molecule has 0 nitrogen and oxygen atoms in total. The summed E-state index contributed by atoms with van der Waals surface area (Å²) >= 11 is 2.38. The first-order chi connectivity index (χ1) is 7.33. The fraction of sp³-hybridized carbons (Fsp3) is 1.00. The molecule has 0 amide bonds. The van der Waals surface area contributed by atoms with E-state index in [0.717, 1.165) is 0 Å². The molecule has 0 aromatic carbocycles. The molecule has 3 rings (SSSR count). The van der Waals surface area contributed by atoms with Gasteiger partial charge in [0.2, 0.25) is 0 Å². The van der Waals surface area contributed by atoms with Gasteiger partial charge in [-0.1, -0.05) is 60.1 Å². The molecular weight excluding hydrogens is 240 g/mol. The smallest absolute Gasteiger partial charge is 0.0729 e. The number of hydrogen-bond acceptors (Lipinski definition) is 3. The summed E-state index contributed by atoms with van der Waals surface area (Å²) in [5.41, 5.74) is 0. The van der Waals surface area contributed by atoms with Gasteiger partial charge in [-0.2, -0.15) is 0 Å². The van der Waals surface area contributed by atoms with Crippen molar-refractivity contribution in [3.05, 3.63) is 0 Å². The molecule has 3 fully saturated rings. The molecule has 1 aliphatic heterocycles. The third-order valence-electron chi connectivity index (χ3n) is 3.95. The van der Waals surface area contributed by atoms with Crippen LogP contribution in [0.4, 0.5) is 0 Å². The Balaban J connectivity index is 1.70. The largest absolute Gasteiger partial charge is 0.125 e. The van der Waals surface area contributed by atoms with Crippen molar-refractivity contribution < 1.29 is 0 Å². The molecule has 1 heterocycles. The zero-order valence-corrected chi connectivity index (χ0v) is 11.7. The van der Waals surface area contributed by atoms with Crippen molar-refractivity contribution in [3.8, 4) is 0 Å². The van der Waals surface area contributed by atoms with E-state index < -0.39 is 0 Å². The molecule has 0 atom stereocenters. The lowest BCUT2D eigenvalue weighted by atomic mass is 9.99. The third kappa shape index (κ3) is 2.21. The van der Waals surface area contributed by atoms with Crippen LogP contribution in [-0.2, 0) is 0 Å². The van der Waals surface area contributed by atoms with Gasteiger partial charge < -0.3 is 0 Å². The second-order valence-corrected chi connectivity index (χ2v) is 10.4. The molecule has 3 heteroatoms. The van der Waals surface area contributed by atoms with Crippen LogP contribution in [0.3, 0.4) is 0 Å². The molecule has 0 radical (unpaired) electrons. The fourth-order valence-corrected chi connectivity index (χ4v) is 10.5. The first-order valence-electron chi connectivity index (χ1n) is 6.40.